The summed E-state index contributed by atoms with van der Waals surface area (Å²) in [5.41, 5.74) is 2.73. The van der Waals surface area contributed by atoms with Crippen LogP contribution in [0.5, 0.6) is 5.75 Å². The first-order valence-electron chi connectivity index (χ1n) is 7.12. The van der Waals surface area contributed by atoms with E-state index in [0.717, 1.165) is 29.0 Å². The molecule has 1 heterocycles. The van der Waals surface area contributed by atoms with Crippen LogP contribution in [0.15, 0.2) is 41.2 Å². The van der Waals surface area contributed by atoms with E-state index in [2.05, 4.69) is 26.5 Å². The van der Waals surface area contributed by atoms with E-state index >= 15 is 0 Å². The van der Waals surface area contributed by atoms with Gasteiger partial charge in [0.05, 0.1) is 12.8 Å². The highest BCUT2D eigenvalue weighted by molar-refractivity contribution is 7.79. The van der Waals surface area contributed by atoms with Crippen LogP contribution in [0.4, 0.5) is 0 Å². The van der Waals surface area contributed by atoms with Crippen LogP contribution in [0.2, 0.25) is 0 Å². The van der Waals surface area contributed by atoms with Crippen molar-refractivity contribution in [1.82, 2.24) is 4.57 Å². The minimum atomic E-state index is 0.0488. The van der Waals surface area contributed by atoms with Gasteiger partial charge in [-0.2, -0.15) is 12.6 Å². The van der Waals surface area contributed by atoms with Crippen molar-refractivity contribution in [2.75, 3.05) is 7.11 Å². The molecular weight excluding hydrogens is 282 g/mol. The van der Waals surface area contributed by atoms with Gasteiger partial charge in [0.2, 0.25) is 0 Å². The molecule has 21 heavy (non-hydrogen) atoms. The molecule has 2 aromatic rings. The summed E-state index contributed by atoms with van der Waals surface area (Å²) in [6.45, 7) is 4.15. The van der Waals surface area contributed by atoms with Gasteiger partial charge in [-0.05, 0) is 49.2 Å². The highest BCUT2D eigenvalue weighted by atomic mass is 32.1. The van der Waals surface area contributed by atoms with Crippen molar-refractivity contribution < 1.29 is 4.74 Å². The Balaban J connectivity index is 2.61. The van der Waals surface area contributed by atoms with Crippen molar-refractivity contribution in [2.45, 2.75) is 32.1 Å². The Morgan fingerprint density at radius 3 is 2.38 bits per heavy atom. The molecule has 0 amide bonds. The number of thiol groups is 1. The Morgan fingerprint density at radius 2 is 1.86 bits per heavy atom. The van der Waals surface area contributed by atoms with Crippen LogP contribution in [0.3, 0.4) is 0 Å². The van der Waals surface area contributed by atoms with Crippen molar-refractivity contribution in [1.29, 1.82) is 0 Å². The zero-order valence-electron chi connectivity index (χ0n) is 12.7. The second kappa shape index (κ2) is 6.85. The predicted octanol–water partition coefficient (Wildman–Crippen LogP) is 3.92. The molecule has 0 aliphatic rings. The van der Waals surface area contributed by atoms with Crippen molar-refractivity contribution in [2.24, 2.45) is 0 Å². The third-order valence-corrected chi connectivity index (χ3v) is 4.12. The predicted molar refractivity (Wildman–Crippen MR) is 90.4 cm³/mol. The van der Waals surface area contributed by atoms with Gasteiger partial charge >= 0.3 is 0 Å². The van der Waals surface area contributed by atoms with Crippen LogP contribution in [0, 0.1) is 0 Å². The Morgan fingerprint density at radius 1 is 1.19 bits per heavy atom. The lowest BCUT2D eigenvalue weighted by molar-refractivity contribution is 0.415. The monoisotopic (exact) mass is 303 g/mol. The molecule has 0 aliphatic carbocycles. The molecule has 112 valence electrons. The molecule has 4 heteroatoms. The van der Waals surface area contributed by atoms with Gasteiger partial charge in [0, 0.05) is 17.4 Å². The highest BCUT2D eigenvalue weighted by Gasteiger charge is 2.14. The van der Waals surface area contributed by atoms with Crippen LogP contribution in [-0.4, -0.2) is 11.7 Å². The summed E-state index contributed by atoms with van der Waals surface area (Å²) in [6, 6.07) is 11.8. The third-order valence-electron chi connectivity index (χ3n) is 3.78. The van der Waals surface area contributed by atoms with Crippen molar-refractivity contribution >= 4 is 12.6 Å². The first-order valence-corrected chi connectivity index (χ1v) is 7.75. The standard InChI is InChI=1S/C17H21NO2S/c1-4-12(2)18-16(10-7-14(11-21)17(18)19)13-5-8-15(20-3)9-6-13/h5-10,12,21H,4,11H2,1-3H3. The molecule has 0 N–H and O–H groups in total. The molecule has 2 rings (SSSR count). The Bertz CT molecular complexity index is 661. The second-order valence-electron chi connectivity index (χ2n) is 5.06. The Hall–Kier alpha value is -1.68. The zero-order chi connectivity index (χ0) is 15.4. The molecule has 1 aromatic heterocycles. The minimum Gasteiger partial charge on any atom is -0.497 e. The van der Waals surface area contributed by atoms with Gasteiger partial charge in [0.1, 0.15) is 5.75 Å². The SMILES string of the molecule is CCC(C)n1c(-c2ccc(OC)cc2)ccc(CS)c1=O. The molecule has 0 bridgehead atoms. The summed E-state index contributed by atoms with van der Waals surface area (Å²) in [7, 11) is 1.64. The minimum absolute atomic E-state index is 0.0488. The first kappa shape index (κ1) is 15.7. The topological polar surface area (TPSA) is 31.2 Å². The van der Waals surface area contributed by atoms with Gasteiger partial charge < -0.3 is 9.30 Å². The maximum atomic E-state index is 12.6. The fourth-order valence-electron chi connectivity index (χ4n) is 2.33. The molecule has 3 nitrogen and oxygen atoms in total. The number of benzene rings is 1. The summed E-state index contributed by atoms with van der Waals surface area (Å²) in [5, 5.41) is 0. The average molecular weight is 303 g/mol. The number of rotatable bonds is 5. The molecule has 0 aliphatic heterocycles. The lowest BCUT2D eigenvalue weighted by Gasteiger charge is -2.20. The molecule has 1 atom stereocenters. The van der Waals surface area contributed by atoms with Crippen LogP contribution in [0.25, 0.3) is 11.3 Å². The van der Waals surface area contributed by atoms with Crippen LogP contribution in [-0.2, 0) is 5.75 Å². The van der Waals surface area contributed by atoms with E-state index in [1.54, 1.807) is 7.11 Å². The lowest BCUT2D eigenvalue weighted by atomic mass is 10.1. The van der Waals surface area contributed by atoms with Crippen LogP contribution >= 0.6 is 12.6 Å². The molecular formula is C17H21NO2S. The summed E-state index contributed by atoms with van der Waals surface area (Å²) in [6.07, 6.45) is 0.902. The fourth-order valence-corrected chi connectivity index (χ4v) is 2.57. The smallest absolute Gasteiger partial charge is 0.255 e. The van der Waals surface area contributed by atoms with Gasteiger partial charge in [-0.15, -0.1) is 0 Å². The van der Waals surface area contributed by atoms with E-state index in [0.29, 0.717) is 5.75 Å². The van der Waals surface area contributed by atoms with E-state index in [1.165, 1.54) is 0 Å². The maximum Gasteiger partial charge on any atom is 0.255 e. The van der Waals surface area contributed by atoms with Crippen LogP contribution in [0.1, 0.15) is 31.9 Å². The third kappa shape index (κ3) is 3.16. The summed E-state index contributed by atoms with van der Waals surface area (Å²) < 4.78 is 7.05. The number of ether oxygens (including phenoxy) is 1. The number of methoxy groups -OCH3 is 1. The van der Waals surface area contributed by atoms with E-state index in [1.807, 2.05) is 41.0 Å². The quantitative estimate of drug-likeness (QED) is 0.849. The van der Waals surface area contributed by atoms with E-state index in [-0.39, 0.29) is 11.6 Å². The first-order chi connectivity index (χ1) is 10.1. The molecule has 1 unspecified atom stereocenters. The highest BCUT2D eigenvalue weighted by Crippen LogP contribution is 2.25. The Kier molecular flexibility index (Phi) is 5.12. The van der Waals surface area contributed by atoms with E-state index < -0.39 is 0 Å². The maximum absolute atomic E-state index is 12.6. The number of hydrogen-bond donors (Lipinski definition) is 1. The molecule has 0 fully saturated rings. The largest absolute Gasteiger partial charge is 0.497 e. The van der Waals surface area contributed by atoms with Gasteiger partial charge in [0.15, 0.2) is 0 Å². The van der Waals surface area contributed by atoms with Crippen molar-refractivity contribution in [3.05, 3.63) is 52.3 Å². The van der Waals surface area contributed by atoms with Gasteiger partial charge in [-0.25, -0.2) is 0 Å². The number of hydrogen-bond acceptors (Lipinski definition) is 3. The number of pyridine rings is 1. The summed E-state index contributed by atoms with van der Waals surface area (Å²) >= 11 is 4.24. The summed E-state index contributed by atoms with van der Waals surface area (Å²) in [5.74, 6) is 1.26. The van der Waals surface area contributed by atoms with Gasteiger partial charge in [-0.1, -0.05) is 13.0 Å². The lowest BCUT2D eigenvalue weighted by Crippen LogP contribution is -2.27. The molecule has 0 saturated heterocycles. The number of aromatic nitrogens is 1. The van der Waals surface area contributed by atoms with E-state index in [4.69, 9.17) is 4.74 Å². The van der Waals surface area contributed by atoms with Gasteiger partial charge in [-0.3, -0.25) is 4.79 Å². The van der Waals surface area contributed by atoms with Crippen molar-refractivity contribution in [3.63, 3.8) is 0 Å². The van der Waals surface area contributed by atoms with Crippen LogP contribution < -0.4 is 10.3 Å². The van der Waals surface area contributed by atoms with Crippen molar-refractivity contribution in [3.8, 4) is 17.0 Å². The average Bonchev–Trinajstić information content (AvgIpc) is 2.54. The Labute approximate surface area is 131 Å². The zero-order valence-corrected chi connectivity index (χ0v) is 13.6. The van der Waals surface area contributed by atoms with Gasteiger partial charge in [0.25, 0.3) is 5.56 Å². The molecule has 0 spiro atoms. The molecule has 1 aromatic carbocycles. The number of nitrogens with zero attached hydrogens (tertiary/aromatic N) is 1. The fraction of sp³-hybridized carbons (Fsp3) is 0.353. The second-order valence-corrected chi connectivity index (χ2v) is 5.38. The molecule has 0 saturated carbocycles. The normalized spacial score (nSPS) is 12.2. The summed E-state index contributed by atoms with van der Waals surface area (Å²) in [4.78, 5) is 12.6. The van der Waals surface area contributed by atoms with E-state index in [9.17, 15) is 4.79 Å². The molecule has 0 radical (unpaired) electrons.